The molecule has 1 aromatic heterocycles. The first-order valence-electron chi connectivity index (χ1n) is 8.00. The van der Waals surface area contributed by atoms with Gasteiger partial charge in [0.15, 0.2) is 0 Å². The standard InChI is InChI=1S/C16H24N2O3/c1-12-9-15(17-21-12)10-16(19)18-6-2-3-14(11-18)13-4-7-20-8-5-13/h9,13-14H,2-8,10-11H2,1H3. The van der Waals surface area contributed by atoms with Crippen molar-refractivity contribution in [2.24, 2.45) is 11.8 Å². The van der Waals surface area contributed by atoms with Crippen molar-refractivity contribution in [3.63, 3.8) is 0 Å². The molecule has 0 N–H and O–H groups in total. The smallest absolute Gasteiger partial charge is 0.228 e. The number of carbonyl (C=O) groups is 1. The van der Waals surface area contributed by atoms with Crippen LogP contribution in [0, 0.1) is 18.8 Å². The highest BCUT2D eigenvalue weighted by Gasteiger charge is 2.30. The number of likely N-dealkylation sites (tertiary alicyclic amines) is 1. The lowest BCUT2D eigenvalue weighted by atomic mass is 9.81. The first-order chi connectivity index (χ1) is 10.2. The normalized spacial score (nSPS) is 24.2. The Kier molecular flexibility index (Phi) is 4.58. The molecule has 0 aliphatic carbocycles. The van der Waals surface area contributed by atoms with Crippen LogP contribution in [0.25, 0.3) is 0 Å². The van der Waals surface area contributed by atoms with Crippen LogP contribution >= 0.6 is 0 Å². The van der Waals surface area contributed by atoms with Crippen molar-refractivity contribution in [2.75, 3.05) is 26.3 Å². The second-order valence-electron chi connectivity index (χ2n) is 6.30. The molecule has 0 bridgehead atoms. The van der Waals surface area contributed by atoms with Gasteiger partial charge in [0, 0.05) is 32.4 Å². The predicted octanol–water partition coefficient (Wildman–Crippen LogP) is 2.19. The monoisotopic (exact) mass is 292 g/mol. The minimum absolute atomic E-state index is 0.181. The van der Waals surface area contributed by atoms with E-state index in [1.807, 2.05) is 17.9 Å². The molecular weight excluding hydrogens is 268 g/mol. The maximum absolute atomic E-state index is 12.4. The predicted molar refractivity (Wildman–Crippen MR) is 77.8 cm³/mol. The third-order valence-corrected chi connectivity index (χ3v) is 4.75. The van der Waals surface area contributed by atoms with E-state index in [0.29, 0.717) is 12.3 Å². The van der Waals surface area contributed by atoms with E-state index in [9.17, 15) is 4.79 Å². The number of aryl methyl sites for hydroxylation is 1. The molecule has 2 aliphatic rings. The zero-order chi connectivity index (χ0) is 14.7. The Bertz CT molecular complexity index is 480. The largest absolute Gasteiger partial charge is 0.381 e. The second kappa shape index (κ2) is 6.60. The molecule has 3 rings (SSSR count). The highest BCUT2D eigenvalue weighted by molar-refractivity contribution is 5.78. The van der Waals surface area contributed by atoms with Crippen LogP contribution in [0.2, 0.25) is 0 Å². The number of rotatable bonds is 3. The summed E-state index contributed by atoms with van der Waals surface area (Å²) < 4.78 is 10.5. The van der Waals surface area contributed by atoms with Crippen molar-refractivity contribution in [1.29, 1.82) is 0 Å². The van der Waals surface area contributed by atoms with Crippen molar-refractivity contribution in [1.82, 2.24) is 10.1 Å². The highest BCUT2D eigenvalue weighted by Crippen LogP contribution is 2.31. The van der Waals surface area contributed by atoms with Gasteiger partial charge in [-0.15, -0.1) is 0 Å². The third kappa shape index (κ3) is 3.64. The maximum Gasteiger partial charge on any atom is 0.228 e. The second-order valence-corrected chi connectivity index (χ2v) is 6.30. The summed E-state index contributed by atoms with van der Waals surface area (Å²) in [6.07, 6.45) is 5.02. The van der Waals surface area contributed by atoms with Gasteiger partial charge >= 0.3 is 0 Å². The summed E-state index contributed by atoms with van der Waals surface area (Å²) in [5.74, 6) is 2.31. The molecule has 5 heteroatoms. The number of carbonyl (C=O) groups excluding carboxylic acids is 1. The molecule has 3 heterocycles. The third-order valence-electron chi connectivity index (χ3n) is 4.75. The zero-order valence-electron chi connectivity index (χ0n) is 12.7. The van der Waals surface area contributed by atoms with E-state index in [1.54, 1.807) is 0 Å². The van der Waals surface area contributed by atoms with E-state index >= 15 is 0 Å². The Morgan fingerprint density at radius 1 is 1.33 bits per heavy atom. The summed E-state index contributed by atoms with van der Waals surface area (Å²) in [4.78, 5) is 14.4. The molecule has 1 atom stereocenters. The van der Waals surface area contributed by atoms with Crippen LogP contribution in [0.3, 0.4) is 0 Å². The first kappa shape index (κ1) is 14.6. The summed E-state index contributed by atoms with van der Waals surface area (Å²) >= 11 is 0. The summed E-state index contributed by atoms with van der Waals surface area (Å²) in [6, 6.07) is 1.85. The van der Waals surface area contributed by atoms with Gasteiger partial charge in [-0.3, -0.25) is 4.79 Å². The zero-order valence-corrected chi connectivity index (χ0v) is 12.7. The number of hydrogen-bond donors (Lipinski definition) is 0. The van der Waals surface area contributed by atoms with Crippen molar-refractivity contribution in [3.8, 4) is 0 Å². The van der Waals surface area contributed by atoms with Gasteiger partial charge in [0.2, 0.25) is 5.91 Å². The van der Waals surface area contributed by atoms with E-state index < -0.39 is 0 Å². The van der Waals surface area contributed by atoms with Gasteiger partial charge < -0.3 is 14.2 Å². The number of amides is 1. The maximum atomic E-state index is 12.4. The van der Waals surface area contributed by atoms with Crippen LogP contribution in [0.4, 0.5) is 0 Å². The minimum Gasteiger partial charge on any atom is -0.381 e. The topological polar surface area (TPSA) is 55.6 Å². The molecule has 0 radical (unpaired) electrons. The van der Waals surface area contributed by atoms with Crippen molar-refractivity contribution < 1.29 is 14.1 Å². The molecule has 1 aromatic rings. The molecule has 2 fully saturated rings. The molecule has 2 aliphatic heterocycles. The summed E-state index contributed by atoms with van der Waals surface area (Å²) in [5.41, 5.74) is 0.741. The van der Waals surface area contributed by atoms with Crippen LogP contribution in [0.5, 0.6) is 0 Å². The lowest BCUT2D eigenvalue weighted by Gasteiger charge is -2.38. The van der Waals surface area contributed by atoms with E-state index in [2.05, 4.69) is 5.16 Å². The van der Waals surface area contributed by atoms with Crippen LogP contribution < -0.4 is 0 Å². The summed E-state index contributed by atoms with van der Waals surface area (Å²) in [7, 11) is 0. The quantitative estimate of drug-likeness (QED) is 0.857. The molecule has 1 amide bonds. The molecule has 0 spiro atoms. The Hall–Kier alpha value is -1.36. The van der Waals surface area contributed by atoms with Gasteiger partial charge in [0.25, 0.3) is 0 Å². The first-order valence-corrected chi connectivity index (χ1v) is 8.00. The number of nitrogens with zero attached hydrogens (tertiary/aromatic N) is 2. The Morgan fingerprint density at radius 2 is 2.14 bits per heavy atom. The molecule has 5 nitrogen and oxygen atoms in total. The SMILES string of the molecule is Cc1cc(CC(=O)N2CCCC(C3CCOCC3)C2)no1. The van der Waals surface area contributed by atoms with Crippen molar-refractivity contribution >= 4 is 5.91 Å². The number of hydrogen-bond acceptors (Lipinski definition) is 4. The van der Waals surface area contributed by atoms with Gasteiger partial charge in [-0.1, -0.05) is 5.16 Å². The average molecular weight is 292 g/mol. The number of ether oxygens (including phenoxy) is 1. The summed E-state index contributed by atoms with van der Waals surface area (Å²) in [5, 5.41) is 3.92. The number of piperidine rings is 1. The van der Waals surface area contributed by atoms with Crippen LogP contribution in [-0.2, 0) is 16.0 Å². The van der Waals surface area contributed by atoms with Crippen LogP contribution in [-0.4, -0.2) is 42.3 Å². The van der Waals surface area contributed by atoms with E-state index in [0.717, 1.165) is 62.9 Å². The van der Waals surface area contributed by atoms with Gasteiger partial charge in [0.1, 0.15) is 5.76 Å². The highest BCUT2D eigenvalue weighted by atomic mass is 16.5. The molecule has 1 unspecified atom stereocenters. The van der Waals surface area contributed by atoms with Gasteiger partial charge in [-0.2, -0.15) is 0 Å². The minimum atomic E-state index is 0.181. The molecule has 116 valence electrons. The lowest BCUT2D eigenvalue weighted by molar-refractivity contribution is -0.133. The van der Waals surface area contributed by atoms with Gasteiger partial charge in [-0.05, 0) is 44.4 Å². The molecule has 0 aromatic carbocycles. The molecule has 0 saturated carbocycles. The van der Waals surface area contributed by atoms with Crippen LogP contribution in [0.1, 0.15) is 37.1 Å². The van der Waals surface area contributed by atoms with Gasteiger partial charge in [-0.25, -0.2) is 0 Å². The molecule has 21 heavy (non-hydrogen) atoms. The summed E-state index contributed by atoms with van der Waals surface area (Å²) in [6.45, 7) is 5.40. The molecular formula is C16H24N2O3. The Balaban J connectivity index is 1.56. The van der Waals surface area contributed by atoms with Crippen molar-refractivity contribution in [2.45, 2.75) is 39.0 Å². The number of aromatic nitrogens is 1. The van der Waals surface area contributed by atoms with E-state index in [1.165, 1.54) is 6.42 Å². The van der Waals surface area contributed by atoms with Crippen molar-refractivity contribution in [3.05, 3.63) is 17.5 Å². The Labute approximate surface area is 125 Å². The van der Waals surface area contributed by atoms with E-state index in [4.69, 9.17) is 9.26 Å². The fraction of sp³-hybridized carbons (Fsp3) is 0.750. The van der Waals surface area contributed by atoms with Gasteiger partial charge in [0.05, 0.1) is 12.1 Å². The fourth-order valence-corrected chi connectivity index (χ4v) is 3.58. The average Bonchev–Trinajstić information content (AvgIpc) is 2.93. The van der Waals surface area contributed by atoms with Crippen LogP contribution in [0.15, 0.2) is 10.6 Å². The fourth-order valence-electron chi connectivity index (χ4n) is 3.58. The Morgan fingerprint density at radius 3 is 2.86 bits per heavy atom. The van der Waals surface area contributed by atoms with E-state index in [-0.39, 0.29) is 5.91 Å². The molecule has 2 saturated heterocycles. The lowest BCUT2D eigenvalue weighted by Crippen LogP contribution is -2.43.